The van der Waals surface area contributed by atoms with Crippen LogP contribution in [0.1, 0.15) is 45.6 Å². The first-order valence-electron chi connectivity index (χ1n) is 8.92. The average molecular weight is 367 g/mol. The quantitative estimate of drug-likeness (QED) is 0.695. The minimum Gasteiger partial charge on any atom is -0.497 e. The SMILES string of the molecule is CCO[C@@H]1C[C@@H](c2ccc(OC)cc2)C=[N+](O[Si](C)(C)C(C)(C)C)O1. The lowest BCUT2D eigenvalue weighted by Gasteiger charge is -2.32. The number of hydrogen-bond donors (Lipinski definition) is 0. The highest BCUT2D eigenvalue weighted by Crippen LogP contribution is 2.37. The minimum absolute atomic E-state index is 0.0956. The van der Waals surface area contributed by atoms with Gasteiger partial charge in [-0.05, 0) is 42.8 Å². The van der Waals surface area contributed by atoms with Gasteiger partial charge in [-0.15, -0.1) is 0 Å². The standard InChI is InChI=1S/C19H32NO4Si/c1-8-22-18-13-16(15-9-11-17(21-5)12-10-15)14-20(23-18)24-25(6,7)19(2,3)4/h9-12,14,16,18H,8,13H2,1-7H3/q+1/t16-,18+/m1/s1. The lowest BCUT2D eigenvalue weighted by Crippen LogP contribution is -2.46. The van der Waals surface area contributed by atoms with Crippen molar-refractivity contribution in [3.63, 3.8) is 0 Å². The van der Waals surface area contributed by atoms with Gasteiger partial charge in [0, 0.05) is 13.0 Å². The fourth-order valence-corrected chi connectivity index (χ4v) is 3.21. The van der Waals surface area contributed by atoms with Crippen LogP contribution < -0.4 is 4.74 Å². The second kappa shape index (κ2) is 7.79. The second-order valence-corrected chi connectivity index (χ2v) is 12.6. The summed E-state index contributed by atoms with van der Waals surface area (Å²) in [6, 6.07) is 8.12. The Morgan fingerprint density at radius 1 is 1.20 bits per heavy atom. The van der Waals surface area contributed by atoms with E-state index in [1.54, 1.807) is 12.0 Å². The zero-order valence-corrected chi connectivity index (χ0v) is 17.5. The van der Waals surface area contributed by atoms with Gasteiger partial charge in [0.05, 0.1) is 13.0 Å². The molecule has 5 nitrogen and oxygen atoms in total. The van der Waals surface area contributed by atoms with Gasteiger partial charge in [0.25, 0.3) is 12.5 Å². The van der Waals surface area contributed by atoms with Crippen LogP contribution in [0, 0.1) is 0 Å². The summed E-state index contributed by atoms with van der Waals surface area (Å²) in [4.78, 5) is 7.45. The first-order valence-corrected chi connectivity index (χ1v) is 11.8. The van der Waals surface area contributed by atoms with Crippen molar-refractivity contribution in [2.75, 3.05) is 13.7 Å². The molecule has 0 saturated heterocycles. The number of benzene rings is 1. The van der Waals surface area contributed by atoms with Crippen LogP contribution in [0.25, 0.3) is 0 Å². The Kier molecular flexibility index (Phi) is 6.16. The largest absolute Gasteiger partial charge is 0.497 e. The molecule has 25 heavy (non-hydrogen) atoms. The van der Waals surface area contributed by atoms with Crippen molar-refractivity contribution in [1.82, 2.24) is 0 Å². The molecule has 0 aliphatic carbocycles. The van der Waals surface area contributed by atoms with Gasteiger partial charge in [-0.1, -0.05) is 32.9 Å². The summed E-state index contributed by atoms with van der Waals surface area (Å²) in [6.07, 6.45) is 2.46. The average Bonchev–Trinajstić information content (AvgIpc) is 2.53. The Morgan fingerprint density at radius 3 is 2.36 bits per heavy atom. The van der Waals surface area contributed by atoms with Crippen LogP contribution in [-0.2, 0) is 14.1 Å². The molecule has 0 radical (unpaired) electrons. The molecule has 1 aliphatic rings. The Bertz CT molecular complexity index is 592. The summed E-state index contributed by atoms with van der Waals surface area (Å²) >= 11 is 0. The van der Waals surface area contributed by atoms with E-state index in [0.717, 1.165) is 12.2 Å². The fraction of sp³-hybridized carbons (Fsp3) is 0.632. The first-order chi connectivity index (χ1) is 11.7. The van der Waals surface area contributed by atoms with E-state index in [2.05, 4.69) is 46.0 Å². The highest BCUT2D eigenvalue weighted by atomic mass is 28.4. The van der Waals surface area contributed by atoms with Crippen molar-refractivity contribution in [2.45, 2.75) is 64.5 Å². The number of ether oxygens (including phenoxy) is 2. The molecule has 1 aromatic rings. The molecule has 140 valence electrons. The highest BCUT2D eigenvalue weighted by Gasteiger charge is 2.47. The number of hydrogen-bond acceptors (Lipinski definition) is 4. The first kappa shape index (κ1) is 19.8. The van der Waals surface area contributed by atoms with Crippen LogP contribution in [0.15, 0.2) is 24.3 Å². The predicted molar refractivity (Wildman–Crippen MR) is 101 cm³/mol. The smallest absolute Gasteiger partial charge is 0.351 e. The molecule has 1 aliphatic heterocycles. The summed E-state index contributed by atoms with van der Waals surface area (Å²) < 4.78 is 17.3. The normalized spacial score (nSPS) is 21.3. The van der Waals surface area contributed by atoms with E-state index in [9.17, 15) is 0 Å². The lowest BCUT2D eigenvalue weighted by atomic mass is 9.96. The fourth-order valence-electron chi connectivity index (χ4n) is 2.38. The van der Waals surface area contributed by atoms with Crippen LogP contribution in [0.4, 0.5) is 0 Å². The number of methoxy groups -OCH3 is 1. The highest BCUT2D eigenvalue weighted by molar-refractivity contribution is 6.73. The molecular formula is C19H32NO4Si+. The molecular weight excluding hydrogens is 334 g/mol. The summed E-state index contributed by atoms with van der Waals surface area (Å²) in [6.45, 7) is 13.6. The third-order valence-electron chi connectivity index (χ3n) is 4.99. The van der Waals surface area contributed by atoms with E-state index >= 15 is 0 Å². The van der Waals surface area contributed by atoms with Crippen molar-refractivity contribution in [2.24, 2.45) is 0 Å². The Hall–Kier alpha value is -1.53. The van der Waals surface area contributed by atoms with Gasteiger partial charge in [-0.3, -0.25) is 0 Å². The topological polar surface area (TPSA) is 39.9 Å². The lowest BCUT2D eigenvalue weighted by molar-refractivity contribution is -0.959. The van der Waals surface area contributed by atoms with Crippen molar-refractivity contribution < 1.29 is 23.7 Å². The van der Waals surface area contributed by atoms with Crippen molar-refractivity contribution in [1.29, 1.82) is 0 Å². The van der Waals surface area contributed by atoms with Gasteiger partial charge >= 0.3 is 8.32 Å². The molecule has 0 unspecified atom stereocenters. The molecule has 0 amide bonds. The van der Waals surface area contributed by atoms with Gasteiger partial charge < -0.3 is 14.0 Å². The molecule has 0 saturated carbocycles. The van der Waals surface area contributed by atoms with Crippen LogP contribution in [0.2, 0.25) is 18.1 Å². The molecule has 1 aromatic carbocycles. The third kappa shape index (κ3) is 4.98. The summed E-state index contributed by atoms with van der Waals surface area (Å²) in [7, 11) is -0.320. The van der Waals surface area contributed by atoms with E-state index < -0.39 is 8.32 Å². The zero-order valence-electron chi connectivity index (χ0n) is 16.5. The predicted octanol–water partition coefficient (Wildman–Crippen LogP) is 4.50. The molecule has 2 atom stereocenters. The third-order valence-corrected chi connectivity index (χ3v) is 9.24. The van der Waals surface area contributed by atoms with Crippen LogP contribution in [0.3, 0.4) is 0 Å². The maximum atomic E-state index is 6.31. The molecule has 0 aromatic heterocycles. The van der Waals surface area contributed by atoms with Crippen molar-refractivity contribution in [3.8, 4) is 5.75 Å². The maximum absolute atomic E-state index is 6.31. The van der Waals surface area contributed by atoms with E-state index in [1.807, 2.05) is 25.3 Å². The van der Waals surface area contributed by atoms with E-state index in [1.165, 1.54) is 5.56 Å². The molecule has 0 N–H and O–H groups in total. The van der Waals surface area contributed by atoms with Gasteiger partial charge in [0.15, 0.2) is 4.90 Å². The van der Waals surface area contributed by atoms with E-state index in [4.69, 9.17) is 18.8 Å². The van der Waals surface area contributed by atoms with Gasteiger partial charge in [-0.25, -0.2) is 0 Å². The van der Waals surface area contributed by atoms with Crippen LogP contribution in [-0.4, -0.2) is 39.4 Å². The summed E-state index contributed by atoms with van der Waals surface area (Å²) in [5.74, 6) is 1.02. The molecule has 6 heteroatoms. The number of rotatable bonds is 6. The van der Waals surface area contributed by atoms with Gasteiger partial charge in [-0.2, -0.15) is 4.84 Å². The molecule has 2 rings (SSSR count). The Balaban J connectivity index is 2.25. The minimum atomic E-state index is -2.00. The van der Waals surface area contributed by atoms with Gasteiger partial charge in [0.1, 0.15) is 5.75 Å². The second-order valence-electron chi connectivity index (χ2n) is 7.89. The van der Waals surface area contributed by atoms with Crippen LogP contribution in [0.5, 0.6) is 5.75 Å². The monoisotopic (exact) mass is 366 g/mol. The molecule has 0 fully saturated rings. The van der Waals surface area contributed by atoms with Crippen molar-refractivity contribution in [3.05, 3.63) is 29.8 Å². The summed E-state index contributed by atoms with van der Waals surface area (Å²) in [5, 5.41) is 0.0956. The number of nitrogens with zero attached hydrogens (tertiary/aromatic N) is 1. The molecule has 0 bridgehead atoms. The Labute approximate surface area is 152 Å². The van der Waals surface area contributed by atoms with Gasteiger partial charge in [0.2, 0.25) is 0 Å². The Morgan fingerprint density at radius 2 is 1.84 bits per heavy atom. The van der Waals surface area contributed by atoms with Crippen molar-refractivity contribution >= 4 is 14.5 Å². The maximum Gasteiger partial charge on any atom is 0.351 e. The van der Waals surface area contributed by atoms with E-state index in [-0.39, 0.29) is 17.2 Å². The molecule has 1 heterocycles. The zero-order chi connectivity index (χ0) is 18.7. The summed E-state index contributed by atoms with van der Waals surface area (Å²) in [5.41, 5.74) is 1.19. The molecule has 0 spiro atoms. The van der Waals surface area contributed by atoms with E-state index in [0.29, 0.717) is 6.61 Å². The van der Waals surface area contributed by atoms with Crippen LogP contribution >= 0.6 is 0 Å².